The van der Waals surface area contributed by atoms with Crippen LogP contribution in [0.1, 0.15) is 51.8 Å². The second-order valence-electron chi connectivity index (χ2n) is 4.62. The topological polar surface area (TPSA) is 17.8 Å². The minimum atomic E-state index is 0.587. The summed E-state index contributed by atoms with van der Waals surface area (Å²) >= 11 is 0. The number of aryl methyl sites for hydroxylation is 1. The summed E-state index contributed by atoms with van der Waals surface area (Å²) < 4.78 is 2.13. The number of aromatic nitrogens is 2. The largest absolute Gasteiger partial charge is 0.270 e. The van der Waals surface area contributed by atoms with Crippen molar-refractivity contribution >= 4 is 0 Å². The van der Waals surface area contributed by atoms with Gasteiger partial charge in [0.2, 0.25) is 0 Å². The van der Waals surface area contributed by atoms with Gasteiger partial charge in [-0.15, -0.1) is 0 Å². The smallest absolute Gasteiger partial charge is 0.0527 e. The Bertz CT molecular complexity index is 285. The molecule has 0 saturated carbocycles. The molecule has 0 N–H and O–H groups in total. The molecule has 0 aliphatic rings. The Balaban J connectivity index is 3.00. The number of hydrogen-bond acceptors (Lipinski definition) is 1. The van der Waals surface area contributed by atoms with Gasteiger partial charge < -0.3 is 0 Å². The molecule has 1 rings (SSSR count). The second kappa shape index (κ2) is 4.63. The zero-order valence-corrected chi connectivity index (χ0v) is 10.0. The van der Waals surface area contributed by atoms with Gasteiger partial charge in [0, 0.05) is 12.2 Å². The fraction of sp³-hybridized carbons (Fsp3) is 0.750. The van der Waals surface area contributed by atoms with Crippen molar-refractivity contribution < 1.29 is 0 Å². The molecule has 0 fully saturated rings. The maximum atomic E-state index is 4.43. The molecule has 1 heterocycles. The van der Waals surface area contributed by atoms with E-state index < -0.39 is 0 Å². The molecule has 0 aromatic carbocycles. The average Bonchev–Trinajstić information content (AvgIpc) is 2.46. The Kier molecular flexibility index (Phi) is 3.73. The van der Waals surface area contributed by atoms with Crippen LogP contribution in [0.4, 0.5) is 0 Å². The standard InChI is InChI=1S/C12H22N2/c1-6-14-12(7-9(2)3)11(8-13-14)10(4)5/h8-10H,6-7H2,1-5H3. The fourth-order valence-corrected chi connectivity index (χ4v) is 1.79. The van der Waals surface area contributed by atoms with Crippen molar-refractivity contribution in [2.75, 3.05) is 0 Å². The van der Waals surface area contributed by atoms with Gasteiger partial charge in [-0.25, -0.2) is 0 Å². The van der Waals surface area contributed by atoms with E-state index in [0.29, 0.717) is 11.8 Å². The summed E-state index contributed by atoms with van der Waals surface area (Å²) in [5.41, 5.74) is 2.85. The number of rotatable bonds is 4. The summed E-state index contributed by atoms with van der Waals surface area (Å²) in [6.07, 6.45) is 3.17. The third kappa shape index (κ3) is 2.37. The van der Waals surface area contributed by atoms with Crippen molar-refractivity contribution in [3.63, 3.8) is 0 Å². The molecule has 2 nitrogen and oxygen atoms in total. The first-order chi connectivity index (χ1) is 6.56. The Morgan fingerprint density at radius 1 is 1.29 bits per heavy atom. The first-order valence-corrected chi connectivity index (χ1v) is 5.60. The predicted octanol–water partition coefficient (Wildman–Crippen LogP) is 3.22. The molecule has 14 heavy (non-hydrogen) atoms. The van der Waals surface area contributed by atoms with E-state index in [2.05, 4.69) is 44.4 Å². The van der Waals surface area contributed by atoms with Crippen LogP contribution in [0.2, 0.25) is 0 Å². The second-order valence-corrected chi connectivity index (χ2v) is 4.62. The van der Waals surface area contributed by atoms with E-state index in [4.69, 9.17) is 0 Å². The van der Waals surface area contributed by atoms with E-state index in [0.717, 1.165) is 13.0 Å². The Labute approximate surface area is 87.3 Å². The molecule has 80 valence electrons. The van der Waals surface area contributed by atoms with Gasteiger partial charge in [0.05, 0.1) is 6.20 Å². The lowest BCUT2D eigenvalue weighted by Crippen LogP contribution is -2.08. The van der Waals surface area contributed by atoms with E-state index in [-0.39, 0.29) is 0 Å². The van der Waals surface area contributed by atoms with Crippen molar-refractivity contribution in [3.8, 4) is 0 Å². The predicted molar refractivity (Wildman–Crippen MR) is 60.5 cm³/mol. The van der Waals surface area contributed by atoms with Crippen LogP contribution in [0.25, 0.3) is 0 Å². The van der Waals surface area contributed by atoms with Gasteiger partial charge in [-0.1, -0.05) is 27.7 Å². The van der Waals surface area contributed by atoms with Crippen molar-refractivity contribution in [2.45, 2.75) is 53.5 Å². The molecular formula is C12H22N2. The highest BCUT2D eigenvalue weighted by Gasteiger charge is 2.13. The molecule has 0 amide bonds. The SMILES string of the molecule is CCn1ncc(C(C)C)c1CC(C)C. The van der Waals surface area contributed by atoms with E-state index in [1.165, 1.54) is 11.3 Å². The summed E-state index contributed by atoms with van der Waals surface area (Å²) in [7, 11) is 0. The average molecular weight is 194 g/mol. The highest BCUT2D eigenvalue weighted by Crippen LogP contribution is 2.21. The van der Waals surface area contributed by atoms with Crippen LogP contribution in [-0.2, 0) is 13.0 Å². The molecule has 0 aliphatic carbocycles. The van der Waals surface area contributed by atoms with E-state index in [1.807, 2.05) is 6.20 Å². The molecule has 0 unspecified atom stereocenters. The molecule has 0 spiro atoms. The summed E-state index contributed by atoms with van der Waals surface area (Å²) in [4.78, 5) is 0. The van der Waals surface area contributed by atoms with Crippen LogP contribution in [-0.4, -0.2) is 9.78 Å². The fourth-order valence-electron chi connectivity index (χ4n) is 1.79. The summed E-state index contributed by atoms with van der Waals surface area (Å²) in [6, 6.07) is 0. The lowest BCUT2D eigenvalue weighted by molar-refractivity contribution is 0.557. The molecular weight excluding hydrogens is 172 g/mol. The highest BCUT2D eigenvalue weighted by molar-refractivity contribution is 5.21. The molecule has 0 saturated heterocycles. The van der Waals surface area contributed by atoms with Gasteiger partial charge in [0.15, 0.2) is 0 Å². The van der Waals surface area contributed by atoms with Crippen molar-refractivity contribution in [2.24, 2.45) is 5.92 Å². The normalized spacial score (nSPS) is 11.6. The third-order valence-corrected chi connectivity index (χ3v) is 2.50. The first kappa shape index (κ1) is 11.3. The van der Waals surface area contributed by atoms with Gasteiger partial charge in [0.25, 0.3) is 0 Å². The highest BCUT2D eigenvalue weighted by atomic mass is 15.3. The molecule has 1 aromatic heterocycles. The minimum absolute atomic E-state index is 0.587. The zero-order valence-electron chi connectivity index (χ0n) is 10.0. The molecule has 0 aliphatic heterocycles. The lowest BCUT2D eigenvalue weighted by Gasteiger charge is -2.12. The molecule has 0 radical (unpaired) electrons. The molecule has 0 atom stereocenters. The van der Waals surface area contributed by atoms with Crippen LogP contribution in [0, 0.1) is 5.92 Å². The molecule has 1 aromatic rings. The van der Waals surface area contributed by atoms with E-state index in [9.17, 15) is 0 Å². The first-order valence-electron chi connectivity index (χ1n) is 5.60. The maximum absolute atomic E-state index is 4.43. The van der Waals surface area contributed by atoms with Gasteiger partial charge >= 0.3 is 0 Å². The molecule has 0 bridgehead atoms. The van der Waals surface area contributed by atoms with Gasteiger partial charge in [-0.05, 0) is 30.7 Å². The summed E-state index contributed by atoms with van der Waals surface area (Å²) in [5, 5.41) is 4.43. The van der Waals surface area contributed by atoms with E-state index >= 15 is 0 Å². The zero-order chi connectivity index (χ0) is 10.7. The van der Waals surface area contributed by atoms with Gasteiger partial charge in [0.1, 0.15) is 0 Å². The maximum Gasteiger partial charge on any atom is 0.0527 e. The Morgan fingerprint density at radius 2 is 1.93 bits per heavy atom. The Hall–Kier alpha value is -0.790. The van der Waals surface area contributed by atoms with Crippen molar-refractivity contribution in [1.82, 2.24) is 9.78 Å². The summed E-state index contributed by atoms with van der Waals surface area (Å²) in [5.74, 6) is 1.29. The number of nitrogens with zero attached hydrogens (tertiary/aromatic N) is 2. The van der Waals surface area contributed by atoms with Crippen LogP contribution in [0.15, 0.2) is 6.20 Å². The van der Waals surface area contributed by atoms with Crippen LogP contribution >= 0.6 is 0 Å². The molecule has 2 heteroatoms. The quantitative estimate of drug-likeness (QED) is 0.719. The Morgan fingerprint density at radius 3 is 2.36 bits per heavy atom. The van der Waals surface area contributed by atoms with Gasteiger partial charge in [-0.2, -0.15) is 5.10 Å². The monoisotopic (exact) mass is 194 g/mol. The van der Waals surface area contributed by atoms with Crippen LogP contribution in [0.3, 0.4) is 0 Å². The minimum Gasteiger partial charge on any atom is -0.270 e. The number of hydrogen-bond donors (Lipinski definition) is 0. The van der Waals surface area contributed by atoms with E-state index in [1.54, 1.807) is 0 Å². The third-order valence-electron chi connectivity index (χ3n) is 2.50. The van der Waals surface area contributed by atoms with Crippen molar-refractivity contribution in [3.05, 3.63) is 17.5 Å². The van der Waals surface area contributed by atoms with Crippen LogP contribution < -0.4 is 0 Å². The lowest BCUT2D eigenvalue weighted by atomic mass is 9.98. The van der Waals surface area contributed by atoms with Gasteiger partial charge in [-0.3, -0.25) is 4.68 Å². The van der Waals surface area contributed by atoms with Crippen molar-refractivity contribution in [1.29, 1.82) is 0 Å². The van der Waals surface area contributed by atoms with Crippen LogP contribution in [0.5, 0.6) is 0 Å². The summed E-state index contributed by atoms with van der Waals surface area (Å²) in [6.45, 7) is 12.1.